The predicted molar refractivity (Wildman–Crippen MR) is 111 cm³/mol. The van der Waals surface area contributed by atoms with Gasteiger partial charge in [0.25, 0.3) is 16.6 Å². The standard InChI is InChI=1S/C18H10ClN5O7S/c19-10-1-3-11(4-2-10)22-15(25)8-14(17(22)26)32-18-21-20-16(31-18)9-5-12(23(27)28)7-13(6-9)24(29)30/h1-7,14H,8H2. The lowest BCUT2D eigenvalue weighted by molar-refractivity contribution is -0.394. The predicted octanol–water partition coefficient (Wildman–Crippen LogP) is 3.63. The molecule has 2 heterocycles. The minimum Gasteiger partial charge on any atom is -0.411 e. The van der Waals surface area contributed by atoms with Crippen molar-refractivity contribution in [1.82, 2.24) is 10.2 Å². The fourth-order valence-electron chi connectivity index (χ4n) is 2.98. The van der Waals surface area contributed by atoms with Crippen LogP contribution in [0.3, 0.4) is 0 Å². The number of amides is 2. The van der Waals surface area contributed by atoms with Crippen LogP contribution >= 0.6 is 23.4 Å². The van der Waals surface area contributed by atoms with E-state index in [4.69, 9.17) is 16.0 Å². The molecule has 1 atom stereocenters. The van der Waals surface area contributed by atoms with Crippen molar-refractivity contribution in [3.05, 3.63) is 67.7 Å². The van der Waals surface area contributed by atoms with E-state index in [9.17, 15) is 29.8 Å². The molecule has 14 heteroatoms. The number of halogens is 1. The van der Waals surface area contributed by atoms with E-state index in [-0.39, 0.29) is 23.1 Å². The van der Waals surface area contributed by atoms with Crippen LogP contribution in [0.2, 0.25) is 5.02 Å². The summed E-state index contributed by atoms with van der Waals surface area (Å²) >= 11 is 6.69. The van der Waals surface area contributed by atoms with E-state index in [0.717, 1.165) is 34.9 Å². The Morgan fingerprint density at radius 3 is 2.25 bits per heavy atom. The Kier molecular flexibility index (Phi) is 5.59. The Morgan fingerprint density at radius 1 is 1.03 bits per heavy atom. The van der Waals surface area contributed by atoms with Crippen molar-refractivity contribution in [2.75, 3.05) is 4.90 Å². The zero-order valence-corrected chi connectivity index (χ0v) is 17.3. The summed E-state index contributed by atoms with van der Waals surface area (Å²) < 4.78 is 5.44. The third kappa shape index (κ3) is 4.15. The van der Waals surface area contributed by atoms with Gasteiger partial charge in [-0.15, -0.1) is 10.2 Å². The summed E-state index contributed by atoms with van der Waals surface area (Å²) in [6.45, 7) is 0. The molecule has 1 fully saturated rings. The normalized spacial score (nSPS) is 15.9. The molecule has 2 aromatic carbocycles. The fourth-order valence-corrected chi connectivity index (χ4v) is 4.00. The number of non-ortho nitro benzene ring substituents is 2. The van der Waals surface area contributed by atoms with Gasteiger partial charge in [0.15, 0.2) is 0 Å². The molecular weight excluding hydrogens is 466 g/mol. The van der Waals surface area contributed by atoms with Crippen molar-refractivity contribution >= 4 is 52.2 Å². The number of nitro groups is 2. The van der Waals surface area contributed by atoms with Crippen molar-refractivity contribution in [3.63, 3.8) is 0 Å². The molecule has 1 aliphatic heterocycles. The lowest BCUT2D eigenvalue weighted by atomic mass is 10.2. The number of carbonyl (C=O) groups excluding carboxylic acids is 2. The number of anilines is 1. The Balaban J connectivity index is 1.56. The summed E-state index contributed by atoms with van der Waals surface area (Å²) in [7, 11) is 0. The van der Waals surface area contributed by atoms with Crippen LogP contribution in [0.4, 0.5) is 17.1 Å². The Hall–Kier alpha value is -3.84. The number of nitro benzene ring substituents is 2. The Bertz CT molecular complexity index is 1230. The molecule has 162 valence electrons. The molecule has 0 aliphatic carbocycles. The van der Waals surface area contributed by atoms with Crippen LogP contribution in [0.25, 0.3) is 11.5 Å². The fraction of sp³-hybridized carbons (Fsp3) is 0.111. The number of aromatic nitrogens is 2. The second-order valence-corrected chi connectivity index (χ2v) is 8.07. The van der Waals surface area contributed by atoms with Crippen LogP contribution in [-0.4, -0.2) is 37.1 Å². The van der Waals surface area contributed by atoms with Gasteiger partial charge in [-0.3, -0.25) is 29.8 Å². The van der Waals surface area contributed by atoms with Crippen LogP contribution in [-0.2, 0) is 9.59 Å². The number of benzene rings is 2. The van der Waals surface area contributed by atoms with Gasteiger partial charge in [-0.2, -0.15) is 0 Å². The second-order valence-electron chi connectivity index (χ2n) is 6.48. The van der Waals surface area contributed by atoms with Crippen LogP contribution in [0.15, 0.2) is 52.1 Å². The largest absolute Gasteiger partial charge is 0.411 e. The third-order valence-corrected chi connectivity index (χ3v) is 5.68. The first-order chi connectivity index (χ1) is 15.2. The first-order valence-electron chi connectivity index (χ1n) is 8.79. The molecule has 1 aromatic heterocycles. The van der Waals surface area contributed by atoms with Gasteiger partial charge < -0.3 is 4.42 Å². The number of imide groups is 1. The lowest BCUT2D eigenvalue weighted by Gasteiger charge is -2.14. The molecule has 0 spiro atoms. The number of nitrogens with zero attached hydrogens (tertiary/aromatic N) is 5. The molecule has 0 saturated carbocycles. The maximum absolute atomic E-state index is 12.7. The molecule has 12 nitrogen and oxygen atoms in total. The van der Waals surface area contributed by atoms with E-state index in [1.807, 2.05) is 0 Å². The van der Waals surface area contributed by atoms with Crippen molar-refractivity contribution in [2.45, 2.75) is 16.9 Å². The van der Waals surface area contributed by atoms with Crippen molar-refractivity contribution < 1.29 is 23.9 Å². The van der Waals surface area contributed by atoms with Gasteiger partial charge in [-0.05, 0) is 24.3 Å². The van der Waals surface area contributed by atoms with E-state index in [1.165, 1.54) is 0 Å². The quantitative estimate of drug-likeness (QED) is 0.292. The summed E-state index contributed by atoms with van der Waals surface area (Å²) in [5.74, 6) is -1.09. The topological polar surface area (TPSA) is 163 Å². The van der Waals surface area contributed by atoms with Gasteiger partial charge in [0.1, 0.15) is 5.25 Å². The highest BCUT2D eigenvalue weighted by molar-refractivity contribution is 8.00. The number of hydrogen-bond acceptors (Lipinski definition) is 10. The number of hydrogen-bond donors (Lipinski definition) is 0. The minimum absolute atomic E-state index is 0.0261. The highest BCUT2D eigenvalue weighted by Crippen LogP contribution is 2.36. The average molecular weight is 476 g/mol. The van der Waals surface area contributed by atoms with Gasteiger partial charge in [0.2, 0.25) is 17.7 Å². The first kappa shape index (κ1) is 21.4. The van der Waals surface area contributed by atoms with Crippen LogP contribution in [0, 0.1) is 20.2 Å². The smallest absolute Gasteiger partial charge is 0.277 e. The first-order valence-corrected chi connectivity index (χ1v) is 10.1. The third-order valence-electron chi connectivity index (χ3n) is 4.41. The zero-order chi connectivity index (χ0) is 23.0. The Morgan fingerprint density at radius 2 is 1.66 bits per heavy atom. The van der Waals surface area contributed by atoms with Crippen molar-refractivity contribution in [3.8, 4) is 11.5 Å². The molecular formula is C18H10ClN5O7S. The van der Waals surface area contributed by atoms with E-state index in [1.54, 1.807) is 24.3 Å². The van der Waals surface area contributed by atoms with Crippen LogP contribution in [0.5, 0.6) is 0 Å². The number of rotatable bonds is 6. The number of carbonyl (C=O) groups is 2. The SMILES string of the molecule is O=C1CC(Sc2nnc(-c3cc([N+](=O)[O-])cc([N+](=O)[O-])c3)o2)C(=O)N1c1ccc(Cl)cc1. The highest BCUT2D eigenvalue weighted by Gasteiger charge is 2.41. The van der Waals surface area contributed by atoms with Crippen LogP contribution < -0.4 is 4.90 Å². The minimum atomic E-state index is -0.828. The summed E-state index contributed by atoms with van der Waals surface area (Å²) in [5, 5.41) is 29.2. The summed E-state index contributed by atoms with van der Waals surface area (Å²) in [6.07, 6.45) is -0.105. The highest BCUT2D eigenvalue weighted by atomic mass is 35.5. The summed E-state index contributed by atoms with van der Waals surface area (Å²) in [4.78, 5) is 46.7. The molecule has 0 bridgehead atoms. The molecule has 32 heavy (non-hydrogen) atoms. The van der Waals surface area contributed by atoms with E-state index >= 15 is 0 Å². The molecule has 3 aromatic rings. The average Bonchev–Trinajstić information content (AvgIpc) is 3.33. The van der Waals surface area contributed by atoms with E-state index in [2.05, 4.69) is 10.2 Å². The van der Waals surface area contributed by atoms with Crippen molar-refractivity contribution in [2.24, 2.45) is 0 Å². The molecule has 0 N–H and O–H groups in total. The van der Waals surface area contributed by atoms with E-state index in [0.29, 0.717) is 10.7 Å². The molecule has 0 radical (unpaired) electrons. The van der Waals surface area contributed by atoms with Crippen LogP contribution in [0.1, 0.15) is 6.42 Å². The number of thioether (sulfide) groups is 1. The monoisotopic (exact) mass is 475 g/mol. The summed E-state index contributed by atoms with van der Waals surface area (Å²) in [6, 6.07) is 9.13. The van der Waals surface area contributed by atoms with Gasteiger partial charge in [0.05, 0.1) is 27.2 Å². The molecule has 1 saturated heterocycles. The maximum atomic E-state index is 12.7. The zero-order valence-electron chi connectivity index (χ0n) is 15.7. The van der Waals surface area contributed by atoms with Gasteiger partial charge in [-0.1, -0.05) is 23.4 Å². The molecule has 1 aliphatic rings. The van der Waals surface area contributed by atoms with Gasteiger partial charge >= 0.3 is 0 Å². The van der Waals surface area contributed by atoms with Crippen molar-refractivity contribution in [1.29, 1.82) is 0 Å². The van der Waals surface area contributed by atoms with Gasteiger partial charge in [0, 0.05) is 23.6 Å². The Labute approximate surface area is 187 Å². The molecule has 4 rings (SSSR count). The maximum Gasteiger partial charge on any atom is 0.277 e. The van der Waals surface area contributed by atoms with Gasteiger partial charge in [-0.25, -0.2) is 4.90 Å². The summed E-state index contributed by atoms with van der Waals surface area (Å²) in [5.41, 5.74) is -0.682. The molecule has 2 amide bonds. The molecule has 1 unspecified atom stereocenters. The van der Waals surface area contributed by atoms with E-state index < -0.39 is 38.3 Å². The lowest BCUT2D eigenvalue weighted by Crippen LogP contribution is -2.31. The second kappa shape index (κ2) is 8.36.